The molecule has 6 aromatic carbocycles. The fraction of sp³-hybridized carbons (Fsp3) is 0.0625. The molecule has 6 aromatic rings. The lowest BCUT2D eigenvalue weighted by Gasteiger charge is -2.26. The first-order valence-corrected chi connectivity index (χ1v) is 11.6. The summed E-state index contributed by atoms with van der Waals surface area (Å²) in [6.07, 6.45) is 1.05. The van der Waals surface area contributed by atoms with E-state index in [4.69, 9.17) is 0 Å². The summed E-state index contributed by atoms with van der Waals surface area (Å²) in [6, 6.07) is 44.1. The van der Waals surface area contributed by atoms with E-state index in [0.717, 1.165) is 23.5 Å². The summed E-state index contributed by atoms with van der Waals surface area (Å²) in [7, 11) is 0. The Morgan fingerprint density at radius 2 is 0.818 bits per heavy atom. The number of anilines is 3. The van der Waals surface area contributed by atoms with Gasteiger partial charge in [0.05, 0.1) is 0 Å². The molecule has 0 heterocycles. The van der Waals surface area contributed by atoms with Crippen molar-refractivity contribution in [1.29, 1.82) is 0 Å². The van der Waals surface area contributed by atoms with Crippen LogP contribution < -0.4 is 4.90 Å². The van der Waals surface area contributed by atoms with Gasteiger partial charge in [-0.1, -0.05) is 91.9 Å². The molecule has 158 valence electrons. The molecule has 0 amide bonds. The van der Waals surface area contributed by atoms with Crippen molar-refractivity contribution in [2.24, 2.45) is 0 Å². The first-order valence-electron chi connectivity index (χ1n) is 11.6. The Morgan fingerprint density at radius 3 is 1.33 bits per heavy atom. The van der Waals surface area contributed by atoms with E-state index in [1.165, 1.54) is 37.9 Å². The molecule has 0 aliphatic rings. The number of fused-ring (bicyclic) bond motifs is 3. The largest absolute Gasteiger partial charge is 0.310 e. The highest BCUT2D eigenvalue weighted by molar-refractivity contribution is 5.95. The molecule has 6 rings (SSSR count). The van der Waals surface area contributed by atoms with E-state index in [1.54, 1.807) is 0 Å². The van der Waals surface area contributed by atoms with Crippen molar-refractivity contribution in [3.05, 3.63) is 127 Å². The topological polar surface area (TPSA) is 3.24 Å². The Hall–Kier alpha value is -4.10. The third-order valence-corrected chi connectivity index (χ3v) is 6.54. The second kappa shape index (κ2) is 8.11. The Bertz CT molecular complexity index is 1530. The zero-order valence-electron chi connectivity index (χ0n) is 18.7. The van der Waals surface area contributed by atoms with Gasteiger partial charge in [-0.2, -0.15) is 0 Å². The van der Waals surface area contributed by atoms with Crippen LogP contribution >= 0.6 is 0 Å². The lowest BCUT2D eigenvalue weighted by atomic mass is 10.0. The van der Waals surface area contributed by atoms with Gasteiger partial charge in [-0.15, -0.1) is 0 Å². The van der Waals surface area contributed by atoms with Crippen molar-refractivity contribution in [3.63, 3.8) is 0 Å². The van der Waals surface area contributed by atoms with E-state index in [9.17, 15) is 0 Å². The zero-order valence-corrected chi connectivity index (χ0v) is 18.7. The molecular formula is C32H25N. The Balaban J connectivity index is 1.56. The predicted molar refractivity (Wildman–Crippen MR) is 143 cm³/mol. The standard InChI is InChI=1S/C32H25N/c1-2-23-11-12-29-22-32(18-15-28(29)19-23)33(30-16-13-24-7-3-5-9-26(24)20-30)31-17-14-25-8-4-6-10-27(25)21-31/h3-22H,2H2,1H3. The van der Waals surface area contributed by atoms with Gasteiger partial charge in [0.25, 0.3) is 0 Å². The van der Waals surface area contributed by atoms with E-state index in [2.05, 4.69) is 133 Å². The number of hydrogen-bond donors (Lipinski definition) is 0. The number of rotatable bonds is 4. The third kappa shape index (κ3) is 3.62. The van der Waals surface area contributed by atoms with Crippen LogP contribution in [0.4, 0.5) is 17.1 Å². The maximum absolute atomic E-state index is 2.37. The van der Waals surface area contributed by atoms with Crippen molar-refractivity contribution >= 4 is 49.4 Å². The molecule has 0 unspecified atom stereocenters. The minimum atomic E-state index is 1.05. The first-order chi connectivity index (χ1) is 16.3. The second-order valence-corrected chi connectivity index (χ2v) is 8.62. The summed E-state index contributed by atoms with van der Waals surface area (Å²) in [5.41, 5.74) is 4.86. The predicted octanol–water partition coefficient (Wildman–Crippen LogP) is 9.18. The van der Waals surface area contributed by atoms with Gasteiger partial charge in [-0.05, 0) is 80.7 Å². The van der Waals surface area contributed by atoms with Gasteiger partial charge in [-0.3, -0.25) is 0 Å². The summed E-state index contributed by atoms with van der Waals surface area (Å²) < 4.78 is 0. The smallest absolute Gasteiger partial charge is 0.0468 e. The van der Waals surface area contributed by atoms with Crippen molar-refractivity contribution in [3.8, 4) is 0 Å². The quantitative estimate of drug-likeness (QED) is 0.273. The highest BCUT2D eigenvalue weighted by Crippen LogP contribution is 2.38. The van der Waals surface area contributed by atoms with E-state index >= 15 is 0 Å². The lowest BCUT2D eigenvalue weighted by molar-refractivity contribution is 1.15. The summed E-state index contributed by atoms with van der Waals surface area (Å²) in [6.45, 7) is 2.21. The Labute approximate surface area is 194 Å². The highest BCUT2D eigenvalue weighted by Gasteiger charge is 2.14. The number of aryl methyl sites for hydroxylation is 1. The average molecular weight is 424 g/mol. The molecular weight excluding hydrogens is 398 g/mol. The van der Waals surface area contributed by atoms with Gasteiger partial charge in [0.1, 0.15) is 0 Å². The van der Waals surface area contributed by atoms with Crippen molar-refractivity contribution in [2.75, 3.05) is 4.90 Å². The van der Waals surface area contributed by atoms with Crippen molar-refractivity contribution in [1.82, 2.24) is 0 Å². The Kier molecular flexibility index (Phi) is 4.81. The van der Waals surface area contributed by atoms with Gasteiger partial charge in [0.15, 0.2) is 0 Å². The molecule has 0 bridgehead atoms. The van der Waals surface area contributed by atoms with Crippen LogP contribution in [0.3, 0.4) is 0 Å². The molecule has 0 fully saturated rings. The van der Waals surface area contributed by atoms with Gasteiger partial charge in [0, 0.05) is 17.1 Å². The molecule has 0 aliphatic heterocycles. The molecule has 0 saturated carbocycles. The average Bonchev–Trinajstić information content (AvgIpc) is 2.88. The maximum Gasteiger partial charge on any atom is 0.0468 e. The summed E-state index contributed by atoms with van der Waals surface area (Å²) in [5, 5.41) is 7.55. The summed E-state index contributed by atoms with van der Waals surface area (Å²) in [5.74, 6) is 0. The number of benzene rings is 6. The van der Waals surface area contributed by atoms with Crippen LogP contribution in [-0.2, 0) is 6.42 Å². The molecule has 0 N–H and O–H groups in total. The van der Waals surface area contributed by atoms with Crippen molar-refractivity contribution in [2.45, 2.75) is 13.3 Å². The van der Waals surface area contributed by atoms with Gasteiger partial charge in [0.2, 0.25) is 0 Å². The van der Waals surface area contributed by atoms with Gasteiger partial charge >= 0.3 is 0 Å². The molecule has 0 spiro atoms. The molecule has 33 heavy (non-hydrogen) atoms. The minimum absolute atomic E-state index is 1.05. The SMILES string of the molecule is CCc1ccc2cc(N(c3ccc4ccccc4c3)c3ccc4ccccc4c3)ccc2c1. The van der Waals surface area contributed by atoms with Crippen LogP contribution in [0.2, 0.25) is 0 Å². The second-order valence-electron chi connectivity index (χ2n) is 8.62. The Morgan fingerprint density at radius 1 is 0.424 bits per heavy atom. The number of nitrogens with zero attached hydrogens (tertiary/aromatic N) is 1. The fourth-order valence-corrected chi connectivity index (χ4v) is 4.72. The van der Waals surface area contributed by atoms with Crippen LogP contribution in [0.15, 0.2) is 121 Å². The molecule has 1 heteroatoms. The summed E-state index contributed by atoms with van der Waals surface area (Å²) in [4.78, 5) is 2.37. The highest BCUT2D eigenvalue weighted by atomic mass is 15.1. The van der Waals surface area contributed by atoms with Gasteiger partial charge < -0.3 is 4.90 Å². The number of hydrogen-bond acceptors (Lipinski definition) is 1. The monoisotopic (exact) mass is 423 g/mol. The normalized spacial score (nSPS) is 11.3. The maximum atomic E-state index is 2.37. The van der Waals surface area contributed by atoms with E-state index in [-0.39, 0.29) is 0 Å². The fourth-order valence-electron chi connectivity index (χ4n) is 4.72. The third-order valence-electron chi connectivity index (χ3n) is 6.54. The van der Waals surface area contributed by atoms with Crippen LogP contribution in [-0.4, -0.2) is 0 Å². The van der Waals surface area contributed by atoms with Crippen LogP contribution in [0.5, 0.6) is 0 Å². The van der Waals surface area contributed by atoms with Crippen LogP contribution in [0, 0.1) is 0 Å². The van der Waals surface area contributed by atoms with Crippen molar-refractivity contribution < 1.29 is 0 Å². The van der Waals surface area contributed by atoms with E-state index in [1.807, 2.05) is 0 Å². The summed E-state index contributed by atoms with van der Waals surface area (Å²) >= 11 is 0. The molecule has 0 aliphatic carbocycles. The molecule has 0 radical (unpaired) electrons. The molecule has 0 aromatic heterocycles. The van der Waals surface area contributed by atoms with Gasteiger partial charge in [-0.25, -0.2) is 0 Å². The van der Waals surface area contributed by atoms with Crippen LogP contribution in [0.25, 0.3) is 32.3 Å². The van der Waals surface area contributed by atoms with E-state index in [0.29, 0.717) is 0 Å². The lowest BCUT2D eigenvalue weighted by Crippen LogP contribution is -2.10. The molecule has 1 nitrogen and oxygen atoms in total. The van der Waals surface area contributed by atoms with Crippen LogP contribution in [0.1, 0.15) is 12.5 Å². The molecule has 0 saturated heterocycles. The minimum Gasteiger partial charge on any atom is -0.310 e. The first kappa shape index (κ1) is 19.6. The molecule has 0 atom stereocenters. The van der Waals surface area contributed by atoms with E-state index < -0.39 is 0 Å². The zero-order chi connectivity index (χ0) is 22.2.